The minimum atomic E-state index is -0.0546. The second-order valence-corrected chi connectivity index (χ2v) is 11.0. The first-order valence-electron chi connectivity index (χ1n) is 10.3. The van der Waals surface area contributed by atoms with Crippen LogP contribution < -0.4 is 5.32 Å². The topological polar surface area (TPSA) is 81.6 Å². The Balaban J connectivity index is 1.37. The van der Waals surface area contributed by atoms with Crippen molar-refractivity contribution in [1.82, 2.24) is 9.97 Å². The van der Waals surface area contributed by atoms with Crippen LogP contribution in [-0.4, -0.2) is 21.6 Å². The number of aromatic amines is 1. The maximum atomic E-state index is 12.5. The number of nitrogens with one attached hydrogen (secondary N) is 2. The minimum Gasteiger partial charge on any atom is -0.333 e. The molecular formula is C23H26N4OS2. The Bertz CT molecular complexity index is 1080. The van der Waals surface area contributed by atoms with E-state index in [2.05, 4.69) is 42.1 Å². The van der Waals surface area contributed by atoms with E-state index in [1.165, 1.54) is 16.6 Å². The first kappa shape index (κ1) is 21.0. The van der Waals surface area contributed by atoms with Crippen molar-refractivity contribution < 1.29 is 4.79 Å². The van der Waals surface area contributed by atoms with Crippen LogP contribution in [0.1, 0.15) is 49.6 Å². The summed E-state index contributed by atoms with van der Waals surface area (Å²) < 4.78 is 0. The molecule has 0 radical (unpaired) electrons. The molecule has 1 aromatic carbocycles. The number of anilines is 1. The van der Waals surface area contributed by atoms with Gasteiger partial charge in [-0.05, 0) is 48.3 Å². The molecule has 0 spiro atoms. The third-order valence-electron chi connectivity index (χ3n) is 5.79. The summed E-state index contributed by atoms with van der Waals surface area (Å²) in [5.74, 6) is 1.19. The van der Waals surface area contributed by atoms with E-state index < -0.39 is 0 Å². The highest BCUT2D eigenvalue weighted by atomic mass is 32.2. The van der Waals surface area contributed by atoms with Crippen LogP contribution in [0.25, 0.3) is 11.0 Å². The van der Waals surface area contributed by atoms with E-state index in [9.17, 15) is 10.1 Å². The molecule has 3 aromatic rings. The highest BCUT2D eigenvalue weighted by molar-refractivity contribution is 7.99. The number of amides is 1. The molecule has 2 aromatic heterocycles. The molecule has 1 aliphatic rings. The minimum absolute atomic E-state index is 0.0546. The highest BCUT2D eigenvalue weighted by Gasteiger charge is 2.32. The lowest BCUT2D eigenvalue weighted by atomic mass is 9.72. The van der Waals surface area contributed by atoms with Crippen molar-refractivity contribution in [3.63, 3.8) is 0 Å². The number of hydrogen-bond donors (Lipinski definition) is 2. The summed E-state index contributed by atoms with van der Waals surface area (Å²) in [6.45, 7) is 6.84. The van der Waals surface area contributed by atoms with Gasteiger partial charge in [0.1, 0.15) is 11.1 Å². The van der Waals surface area contributed by atoms with Gasteiger partial charge in [0.05, 0.1) is 16.6 Å². The maximum absolute atomic E-state index is 12.5. The van der Waals surface area contributed by atoms with Gasteiger partial charge in [0.2, 0.25) is 5.91 Å². The van der Waals surface area contributed by atoms with Gasteiger partial charge >= 0.3 is 0 Å². The summed E-state index contributed by atoms with van der Waals surface area (Å²) >= 11 is 3.12. The molecule has 2 N–H and O–H groups in total. The predicted molar refractivity (Wildman–Crippen MR) is 124 cm³/mol. The molecule has 0 saturated carbocycles. The zero-order valence-corrected chi connectivity index (χ0v) is 19.2. The number of nitriles is 1. The highest BCUT2D eigenvalue weighted by Crippen LogP contribution is 2.44. The normalized spacial score (nSPS) is 16.3. The monoisotopic (exact) mass is 438 g/mol. The summed E-state index contributed by atoms with van der Waals surface area (Å²) in [6.07, 6.45) is 3.40. The van der Waals surface area contributed by atoms with E-state index in [0.717, 1.165) is 46.0 Å². The molecular weight excluding hydrogens is 412 g/mol. The number of carbonyl (C=O) groups is 1. The van der Waals surface area contributed by atoms with E-state index in [4.69, 9.17) is 0 Å². The van der Waals surface area contributed by atoms with Gasteiger partial charge in [-0.3, -0.25) is 4.79 Å². The van der Waals surface area contributed by atoms with Crippen LogP contribution >= 0.6 is 23.1 Å². The van der Waals surface area contributed by atoms with E-state index in [-0.39, 0.29) is 11.3 Å². The first-order valence-corrected chi connectivity index (χ1v) is 12.1. The van der Waals surface area contributed by atoms with Crippen LogP contribution in [-0.2, 0) is 17.6 Å². The first-order chi connectivity index (χ1) is 14.3. The summed E-state index contributed by atoms with van der Waals surface area (Å²) in [5.41, 5.74) is 4.00. The zero-order valence-electron chi connectivity index (χ0n) is 17.5. The van der Waals surface area contributed by atoms with Gasteiger partial charge in [0.25, 0.3) is 0 Å². The number of thioether (sulfide) groups is 1. The number of carbonyl (C=O) groups excluding carboxylic acids is 1. The van der Waals surface area contributed by atoms with Gasteiger partial charge in [-0.15, -0.1) is 11.3 Å². The van der Waals surface area contributed by atoms with Crippen molar-refractivity contribution >= 4 is 45.0 Å². The molecule has 1 aliphatic carbocycles. The van der Waals surface area contributed by atoms with E-state index in [1.807, 2.05) is 24.3 Å². The molecule has 1 amide bonds. The molecule has 1 atom stereocenters. The molecule has 0 fully saturated rings. The molecule has 2 heterocycles. The molecule has 7 heteroatoms. The third kappa shape index (κ3) is 4.40. The Labute approximate surface area is 185 Å². The molecule has 0 bridgehead atoms. The zero-order chi connectivity index (χ0) is 21.3. The standard InChI is InChI=1S/C23H26N4OS2/c1-23(2,3)14-8-9-15-16(13-24)21(30-19(15)12-14)27-20(28)10-11-29-22-25-17-6-4-5-7-18(17)26-22/h4-7,14H,8-12H2,1-3H3,(H,25,26)(H,27,28). The lowest BCUT2D eigenvalue weighted by Gasteiger charge is -2.33. The summed E-state index contributed by atoms with van der Waals surface area (Å²) in [4.78, 5) is 21.6. The fourth-order valence-corrected chi connectivity index (χ4v) is 6.08. The van der Waals surface area contributed by atoms with Crippen LogP contribution in [0.5, 0.6) is 0 Å². The van der Waals surface area contributed by atoms with E-state index >= 15 is 0 Å². The van der Waals surface area contributed by atoms with Gasteiger partial charge in [0, 0.05) is 17.1 Å². The molecule has 5 nitrogen and oxygen atoms in total. The number of imidazole rings is 1. The van der Waals surface area contributed by atoms with E-state index in [0.29, 0.717) is 23.7 Å². The smallest absolute Gasteiger partial charge is 0.225 e. The average Bonchev–Trinajstić information content (AvgIpc) is 3.26. The second-order valence-electron chi connectivity index (χ2n) is 8.83. The number of rotatable bonds is 5. The molecule has 30 heavy (non-hydrogen) atoms. The van der Waals surface area contributed by atoms with Crippen molar-refractivity contribution in [3.05, 3.63) is 40.3 Å². The lowest BCUT2D eigenvalue weighted by molar-refractivity contribution is -0.115. The van der Waals surface area contributed by atoms with Gasteiger partial charge in [-0.2, -0.15) is 5.26 Å². The van der Waals surface area contributed by atoms with Crippen molar-refractivity contribution in [3.8, 4) is 6.07 Å². The molecule has 1 unspecified atom stereocenters. The number of benzene rings is 1. The number of hydrogen-bond acceptors (Lipinski definition) is 5. The van der Waals surface area contributed by atoms with Crippen molar-refractivity contribution in [2.24, 2.45) is 11.3 Å². The van der Waals surface area contributed by atoms with Crippen molar-refractivity contribution in [1.29, 1.82) is 5.26 Å². The van der Waals surface area contributed by atoms with Crippen LogP contribution in [0.3, 0.4) is 0 Å². The summed E-state index contributed by atoms with van der Waals surface area (Å²) in [6, 6.07) is 10.2. The van der Waals surface area contributed by atoms with Gasteiger partial charge in [-0.1, -0.05) is 44.7 Å². The van der Waals surface area contributed by atoms with Gasteiger partial charge in [0.15, 0.2) is 5.16 Å². The van der Waals surface area contributed by atoms with Crippen LogP contribution in [0.2, 0.25) is 0 Å². The SMILES string of the molecule is CC(C)(C)C1CCc2c(sc(NC(=O)CCSc3nc4ccccc4[nH]3)c2C#N)C1. The largest absolute Gasteiger partial charge is 0.333 e. The number of para-hydroxylation sites is 2. The molecule has 0 aliphatic heterocycles. The summed E-state index contributed by atoms with van der Waals surface area (Å²) in [5, 5.41) is 14.2. The average molecular weight is 439 g/mol. The Morgan fingerprint density at radius 1 is 1.40 bits per heavy atom. The Morgan fingerprint density at radius 2 is 2.20 bits per heavy atom. The number of H-pyrrole nitrogens is 1. The van der Waals surface area contributed by atoms with Crippen molar-refractivity contribution in [2.45, 2.75) is 51.6 Å². The Morgan fingerprint density at radius 3 is 2.93 bits per heavy atom. The van der Waals surface area contributed by atoms with Crippen LogP contribution in [0, 0.1) is 22.7 Å². The number of nitrogens with zero attached hydrogens (tertiary/aromatic N) is 2. The number of aromatic nitrogens is 2. The fourth-order valence-electron chi connectivity index (χ4n) is 3.96. The molecule has 4 rings (SSSR count). The van der Waals surface area contributed by atoms with Crippen molar-refractivity contribution in [2.75, 3.05) is 11.1 Å². The lowest BCUT2D eigenvalue weighted by Crippen LogP contribution is -2.26. The Hall–Kier alpha value is -2.30. The van der Waals surface area contributed by atoms with E-state index in [1.54, 1.807) is 11.3 Å². The quantitative estimate of drug-likeness (QED) is 0.496. The summed E-state index contributed by atoms with van der Waals surface area (Å²) in [7, 11) is 0. The third-order valence-corrected chi connectivity index (χ3v) is 7.84. The molecule has 0 saturated heterocycles. The Kier molecular flexibility index (Phi) is 5.90. The predicted octanol–water partition coefficient (Wildman–Crippen LogP) is 5.77. The van der Waals surface area contributed by atoms with Gasteiger partial charge in [-0.25, -0.2) is 4.98 Å². The van der Waals surface area contributed by atoms with Gasteiger partial charge < -0.3 is 10.3 Å². The second kappa shape index (κ2) is 8.44. The number of thiophene rings is 1. The number of fused-ring (bicyclic) bond motifs is 2. The van der Waals surface area contributed by atoms with Crippen LogP contribution in [0.4, 0.5) is 5.00 Å². The van der Waals surface area contributed by atoms with Crippen LogP contribution in [0.15, 0.2) is 29.4 Å². The fraction of sp³-hybridized carbons (Fsp3) is 0.435. The maximum Gasteiger partial charge on any atom is 0.225 e. The molecule has 156 valence electrons.